The fourth-order valence-electron chi connectivity index (χ4n) is 6.63. The maximum atomic E-state index is 12.3. The minimum absolute atomic E-state index is 0.0306. The van der Waals surface area contributed by atoms with Crippen molar-refractivity contribution < 1.29 is 24.5 Å². The smallest absolute Gasteiger partial charge is 0.305 e. The van der Waals surface area contributed by atoms with Crippen LogP contribution in [0, 0.1) is 0 Å². The molecule has 0 bridgehead atoms. The number of aliphatic hydroxyl groups excluding tert-OH is 2. The van der Waals surface area contributed by atoms with Gasteiger partial charge in [0.1, 0.15) is 0 Å². The highest BCUT2D eigenvalue weighted by molar-refractivity contribution is 5.76. The predicted molar refractivity (Wildman–Crippen MR) is 213 cm³/mol. The van der Waals surface area contributed by atoms with Gasteiger partial charge in [0.25, 0.3) is 0 Å². The van der Waals surface area contributed by atoms with Crippen LogP contribution in [-0.2, 0) is 14.3 Å². The molecule has 0 radical (unpaired) electrons. The van der Waals surface area contributed by atoms with Crippen LogP contribution in [0.25, 0.3) is 0 Å². The molecular weight excluding hydrogens is 622 g/mol. The van der Waals surface area contributed by atoms with Crippen LogP contribution in [0.1, 0.15) is 232 Å². The van der Waals surface area contributed by atoms with Crippen LogP contribution in [-0.4, -0.2) is 47.4 Å². The quantitative estimate of drug-likeness (QED) is 0.0335. The molecule has 2 unspecified atom stereocenters. The van der Waals surface area contributed by atoms with Gasteiger partial charge in [0.2, 0.25) is 5.91 Å². The molecule has 0 aromatic carbocycles. The van der Waals surface area contributed by atoms with Crippen LogP contribution in [0.5, 0.6) is 0 Å². The molecule has 0 saturated carbocycles. The van der Waals surface area contributed by atoms with Gasteiger partial charge in [0.15, 0.2) is 0 Å². The van der Waals surface area contributed by atoms with Gasteiger partial charge < -0.3 is 20.3 Å². The van der Waals surface area contributed by atoms with Crippen molar-refractivity contribution in [1.82, 2.24) is 5.32 Å². The molecule has 50 heavy (non-hydrogen) atoms. The van der Waals surface area contributed by atoms with Crippen LogP contribution >= 0.6 is 0 Å². The van der Waals surface area contributed by atoms with Gasteiger partial charge in [-0.15, -0.1) is 0 Å². The number of unbranched alkanes of at least 4 members (excludes halogenated alkanes) is 27. The minimum atomic E-state index is -0.678. The highest BCUT2D eigenvalue weighted by atomic mass is 16.5. The first-order valence-corrected chi connectivity index (χ1v) is 21.9. The van der Waals surface area contributed by atoms with Crippen molar-refractivity contribution in [3.05, 3.63) is 12.2 Å². The largest absolute Gasteiger partial charge is 0.466 e. The first-order chi connectivity index (χ1) is 24.5. The van der Waals surface area contributed by atoms with E-state index in [1.807, 2.05) is 0 Å². The van der Waals surface area contributed by atoms with E-state index < -0.39 is 12.1 Å². The summed E-state index contributed by atoms with van der Waals surface area (Å²) in [6.07, 6.45) is 43.1. The summed E-state index contributed by atoms with van der Waals surface area (Å²) in [5.41, 5.74) is 0. The number of aliphatic hydroxyl groups is 2. The lowest BCUT2D eigenvalue weighted by molar-refractivity contribution is -0.143. The maximum absolute atomic E-state index is 12.3. The average molecular weight is 708 g/mol. The number of hydrogen-bond donors (Lipinski definition) is 3. The lowest BCUT2D eigenvalue weighted by Gasteiger charge is -2.22. The van der Waals surface area contributed by atoms with E-state index in [4.69, 9.17) is 4.74 Å². The fourth-order valence-corrected chi connectivity index (χ4v) is 6.63. The van der Waals surface area contributed by atoms with Crippen LogP contribution < -0.4 is 5.32 Å². The van der Waals surface area contributed by atoms with Crippen molar-refractivity contribution in [2.24, 2.45) is 0 Å². The van der Waals surface area contributed by atoms with Gasteiger partial charge in [-0.3, -0.25) is 9.59 Å². The molecule has 6 heteroatoms. The Morgan fingerprint density at radius 1 is 0.540 bits per heavy atom. The predicted octanol–water partition coefficient (Wildman–Crippen LogP) is 12.2. The molecule has 0 spiro atoms. The monoisotopic (exact) mass is 708 g/mol. The number of carbonyl (C=O) groups excluding carboxylic acids is 2. The molecule has 2 atom stereocenters. The molecule has 0 aliphatic heterocycles. The minimum Gasteiger partial charge on any atom is -0.466 e. The summed E-state index contributed by atoms with van der Waals surface area (Å²) >= 11 is 0. The van der Waals surface area contributed by atoms with Crippen LogP contribution in [0.4, 0.5) is 0 Å². The Hall–Kier alpha value is -1.40. The highest BCUT2D eigenvalue weighted by Crippen LogP contribution is 2.15. The molecule has 0 aliphatic carbocycles. The molecule has 0 aromatic rings. The first-order valence-electron chi connectivity index (χ1n) is 21.9. The summed E-state index contributed by atoms with van der Waals surface area (Å²) in [6.45, 7) is 4.84. The standard InChI is InChI=1S/C44H85NO5/c1-3-5-7-9-11-13-14-15-18-22-26-30-34-38-44(49)50-39-35-31-27-23-19-16-17-21-25-29-33-37-43(48)45-41(40-46)42(47)36-32-28-24-20-12-10-8-6-4-2/h19,23,41-42,46-47H,3-18,20-22,24-40H2,1-2H3,(H,45,48)/b23-19-. The Bertz CT molecular complexity index is 742. The highest BCUT2D eigenvalue weighted by Gasteiger charge is 2.20. The molecule has 1 amide bonds. The topological polar surface area (TPSA) is 95.9 Å². The normalized spacial score (nSPS) is 12.8. The third kappa shape index (κ3) is 36.4. The number of amides is 1. The Morgan fingerprint density at radius 3 is 1.42 bits per heavy atom. The lowest BCUT2D eigenvalue weighted by Crippen LogP contribution is -2.45. The molecular formula is C44H85NO5. The van der Waals surface area contributed by atoms with E-state index in [0.717, 1.165) is 83.5 Å². The summed E-state index contributed by atoms with van der Waals surface area (Å²) in [6, 6.07) is -0.558. The first kappa shape index (κ1) is 48.6. The van der Waals surface area contributed by atoms with Gasteiger partial charge in [-0.25, -0.2) is 0 Å². The molecule has 0 aliphatic rings. The molecule has 0 saturated heterocycles. The van der Waals surface area contributed by atoms with Crippen molar-refractivity contribution in [3.8, 4) is 0 Å². The second-order valence-corrected chi connectivity index (χ2v) is 15.0. The van der Waals surface area contributed by atoms with Gasteiger partial charge in [0, 0.05) is 12.8 Å². The van der Waals surface area contributed by atoms with Crippen LogP contribution in [0.2, 0.25) is 0 Å². The van der Waals surface area contributed by atoms with Gasteiger partial charge in [-0.05, 0) is 51.4 Å². The summed E-state index contributed by atoms with van der Waals surface area (Å²) < 4.78 is 5.42. The molecule has 6 nitrogen and oxygen atoms in total. The van der Waals surface area contributed by atoms with E-state index in [9.17, 15) is 19.8 Å². The zero-order chi connectivity index (χ0) is 36.6. The van der Waals surface area contributed by atoms with Crippen molar-refractivity contribution in [3.63, 3.8) is 0 Å². The number of ether oxygens (including phenoxy) is 1. The van der Waals surface area contributed by atoms with Gasteiger partial charge >= 0.3 is 5.97 Å². The Kier molecular flexibility index (Phi) is 39.2. The van der Waals surface area contributed by atoms with Crippen molar-refractivity contribution >= 4 is 11.9 Å². The Labute approximate surface area is 310 Å². The molecule has 3 N–H and O–H groups in total. The van der Waals surface area contributed by atoms with Gasteiger partial charge in [0.05, 0.1) is 25.4 Å². The van der Waals surface area contributed by atoms with E-state index in [1.165, 1.54) is 116 Å². The number of esters is 1. The molecule has 296 valence electrons. The SMILES string of the molecule is CCCCCCCCCCCCCCCC(=O)OCCCC/C=C\CCCCCCCC(=O)NC(CO)C(O)CCCCCCCCCCC. The third-order valence-corrected chi connectivity index (χ3v) is 10.1. The van der Waals surface area contributed by atoms with E-state index in [2.05, 4.69) is 31.3 Å². The number of nitrogens with one attached hydrogen (secondary N) is 1. The molecule has 0 heterocycles. The van der Waals surface area contributed by atoms with Gasteiger partial charge in [-0.1, -0.05) is 180 Å². The van der Waals surface area contributed by atoms with E-state index in [0.29, 0.717) is 25.9 Å². The summed E-state index contributed by atoms with van der Waals surface area (Å²) in [5.74, 6) is -0.0975. The van der Waals surface area contributed by atoms with Crippen molar-refractivity contribution in [2.45, 2.75) is 244 Å². The Balaban J connectivity index is 3.50. The van der Waals surface area contributed by atoms with Gasteiger partial charge in [-0.2, -0.15) is 0 Å². The molecule has 0 aromatic heterocycles. The van der Waals surface area contributed by atoms with E-state index in [-0.39, 0.29) is 18.5 Å². The number of rotatable bonds is 40. The second kappa shape index (κ2) is 40.4. The molecule has 0 rings (SSSR count). The maximum Gasteiger partial charge on any atom is 0.305 e. The zero-order valence-corrected chi connectivity index (χ0v) is 33.4. The van der Waals surface area contributed by atoms with Crippen molar-refractivity contribution in [1.29, 1.82) is 0 Å². The summed E-state index contributed by atoms with van der Waals surface area (Å²) in [7, 11) is 0. The third-order valence-electron chi connectivity index (χ3n) is 10.1. The second-order valence-electron chi connectivity index (χ2n) is 15.0. The van der Waals surface area contributed by atoms with E-state index in [1.54, 1.807) is 0 Å². The Morgan fingerprint density at radius 2 is 0.940 bits per heavy atom. The zero-order valence-electron chi connectivity index (χ0n) is 33.4. The number of carbonyl (C=O) groups is 2. The lowest BCUT2D eigenvalue weighted by atomic mass is 10.0. The summed E-state index contributed by atoms with van der Waals surface area (Å²) in [4.78, 5) is 24.3. The average Bonchev–Trinajstić information content (AvgIpc) is 3.11. The number of allylic oxidation sites excluding steroid dienone is 2. The van der Waals surface area contributed by atoms with Crippen molar-refractivity contribution in [2.75, 3.05) is 13.2 Å². The summed E-state index contributed by atoms with van der Waals surface area (Å²) in [5, 5.41) is 23.0. The van der Waals surface area contributed by atoms with Crippen LogP contribution in [0.3, 0.4) is 0 Å². The fraction of sp³-hybridized carbons (Fsp3) is 0.909. The number of hydrogen-bond acceptors (Lipinski definition) is 5. The molecule has 0 fully saturated rings. The van der Waals surface area contributed by atoms with Crippen LogP contribution in [0.15, 0.2) is 12.2 Å². The van der Waals surface area contributed by atoms with E-state index >= 15 is 0 Å².